The number of carbonyl (C=O) groups is 2. The van der Waals surface area contributed by atoms with E-state index in [0.717, 1.165) is 10.8 Å². The van der Waals surface area contributed by atoms with Crippen molar-refractivity contribution >= 4 is 33.5 Å². The minimum absolute atomic E-state index is 0.0827. The van der Waals surface area contributed by atoms with Crippen LogP contribution in [0.4, 0.5) is 0 Å². The fourth-order valence-corrected chi connectivity index (χ4v) is 6.37. The zero-order valence-electron chi connectivity index (χ0n) is 19.9. The fraction of sp³-hybridized carbons (Fsp3) is 0.0968. The van der Waals surface area contributed by atoms with Crippen molar-refractivity contribution in [1.29, 1.82) is 0 Å². The number of carboxylic acid groups (broad SMARTS) is 1. The van der Waals surface area contributed by atoms with Gasteiger partial charge in [-0.2, -0.15) is 0 Å². The minimum atomic E-state index is -1.49. The Morgan fingerprint density at radius 1 is 0.811 bits per heavy atom. The number of esters is 1. The number of ether oxygens (including phenoxy) is 1. The van der Waals surface area contributed by atoms with Crippen LogP contribution >= 0.6 is 0 Å². The van der Waals surface area contributed by atoms with Gasteiger partial charge in [-0.1, -0.05) is 54.6 Å². The summed E-state index contributed by atoms with van der Waals surface area (Å²) in [5, 5.41) is 35.0. The molecule has 0 saturated carbocycles. The summed E-state index contributed by atoms with van der Waals surface area (Å²) in [4.78, 5) is 25.9. The van der Waals surface area contributed by atoms with E-state index in [0.29, 0.717) is 55.3 Å². The van der Waals surface area contributed by atoms with E-state index in [1.165, 1.54) is 6.07 Å². The van der Waals surface area contributed by atoms with Gasteiger partial charge in [0.25, 0.3) is 0 Å². The molecule has 0 radical (unpaired) electrons. The number of phenols is 2. The molecule has 5 aromatic carbocycles. The van der Waals surface area contributed by atoms with Crippen LogP contribution in [-0.4, -0.2) is 27.3 Å². The third-order valence-corrected chi connectivity index (χ3v) is 7.94. The van der Waals surface area contributed by atoms with Crippen LogP contribution in [0.2, 0.25) is 0 Å². The molecule has 1 atom stereocenters. The standard InChI is InChI=1S/C31H20O6/c1-14-23-22(13-20(28(14)33)29(34)35)31(26-17-9-3-4-10-18(17)27(32)15(2)24(23)26)21-12-6-8-16-7-5-11-19(25(16)21)30(36)37-31/h3-13,32-33H,1-2H3,(H,34,35). The molecule has 6 nitrogen and oxygen atoms in total. The highest BCUT2D eigenvalue weighted by Gasteiger charge is 2.54. The number of carbonyl (C=O) groups excluding carboxylic acids is 1. The van der Waals surface area contributed by atoms with Crippen LogP contribution in [-0.2, 0) is 10.3 Å². The Hall–Kier alpha value is -4.84. The zero-order chi connectivity index (χ0) is 25.8. The second-order valence-corrected chi connectivity index (χ2v) is 9.67. The van der Waals surface area contributed by atoms with E-state index in [9.17, 15) is 24.9 Å². The van der Waals surface area contributed by atoms with Gasteiger partial charge in [0.1, 0.15) is 17.1 Å². The molecule has 1 spiro atoms. The van der Waals surface area contributed by atoms with Crippen LogP contribution in [0.15, 0.2) is 66.7 Å². The van der Waals surface area contributed by atoms with Crippen molar-refractivity contribution in [3.63, 3.8) is 0 Å². The summed E-state index contributed by atoms with van der Waals surface area (Å²) in [6.07, 6.45) is 0. The maximum Gasteiger partial charge on any atom is 0.340 e. The SMILES string of the molecule is Cc1c(O)c(C(=O)O)cc2c1-c1c(C)c(O)c3ccccc3c1C21OC(=O)c2cccc3cccc1c23. The molecule has 3 N–H and O–H groups in total. The van der Waals surface area contributed by atoms with E-state index in [1.807, 2.05) is 42.5 Å². The van der Waals surface area contributed by atoms with Crippen molar-refractivity contribution < 1.29 is 29.6 Å². The number of rotatable bonds is 1. The molecule has 7 rings (SSSR count). The summed E-state index contributed by atoms with van der Waals surface area (Å²) in [5.74, 6) is -2.10. The first kappa shape index (κ1) is 21.4. The number of fused-ring (bicyclic) bond motifs is 8. The van der Waals surface area contributed by atoms with Crippen LogP contribution in [0.25, 0.3) is 32.7 Å². The van der Waals surface area contributed by atoms with Crippen molar-refractivity contribution in [2.24, 2.45) is 0 Å². The van der Waals surface area contributed by atoms with Crippen molar-refractivity contribution in [3.8, 4) is 22.6 Å². The third-order valence-electron chi connectivity index (χ3n) is 7.94. The van der Waals surface area contributed by atoms with Crippen molar-refractivity contribution in [2.45, 2.75) is 19.4 Å². The molecule has 6 heteroatoms. The highest BCUT2D eigenvalue weighted by Crippen LogP contribution is 2.62. The number of benzene rings is 5. The molecule has 37 heavy (non-hydrogen) atoms. The molecule has 1 aliphatic heterocycles. The van der Waals surface area contributed by atoms with Gasteiger partial charge in [0.15, 0.2) is 5.60 Å². The molecular formula is C31H20O6. The lowest BCUT2D eigenvalue weighted by Crippen LogP contribution is -2.37. The molecule has 1 heterocycles. The van der Waals surface area contributed by atoms with Gasteiger partial charge in [0, 0.05) is 27.5 Å². The monoisotopic (exact) mass is 488 g/mol. The maximum atomic E-state index is 13.7. The third kappa shape index (κ3) is 2.40. The average molecular weight is 488 g/mol. The fourth-order valence-electron chi connectivity index (χ4n) is 6.37. The van der Waals surface area contributed by atoms with Gasteiger partial charge in [0.05, 0.1) is 5.56 Å². The van der Waals surface area contributed by atoms with Crippen molar-refractivity contribution in [1.82, 2.24) is 0 Å². The van der Waals surface area contributed by atoms with Gasteiger partial charge < -0.3 is 20.1 Å². The predicted octanol–water partition coefficient (Wildman–Crippen LogP) is 6.16. The normalized spacial score (nSPS) is 17.2. The molecule has 1 unspecified atom stereocenters. The quantitative estimate of drug-likeness (QED) is 0.244. The second kappa shape index (κ2) is 6.89. The average Bonchev–Trinajstić information content (AvgIpc) is 3.18. The van der Waals surface area contributed by atoms with E-state index in [-0.39, 0.29) is 17.1 Å². The van der Waals surface area contributed by atoms with Crippen LogP contribution < -0.4 is 0 Å². The summed E-state index contributed by atoms with van der Waals surface area (Å²) in [6, 6.07) is 19.9. The van der Waals surface area contributed by atoms with Crippen LogP contribution in [0.1, 0.15) is 48.5 Å². The van der Waals surface area contributed by atoms with Gasteiger partial charge in [-0.15, -0.1) is 0 Å². The topological polar surface area (TPSA) is 104 Å². The maximum absolute atomic E-state index is 13.7. The lowest BCUT2D eigenvalue weighted by Gasteiger charge is -2.37. The van der Waals surface area contributed by atoms with Crippen molar-refractivity contribution in [2.75, 3.05) is 0 Å². The van der Waals surface area contributed by atoms with Gasteiger partial charge >= 0.3 is 11.9 Å². The predicted molar refractivity (Wildman–Crippen MR) is 138 cm³/mol. The lowest BCUT2D eigenvalue weighted by molar-refractivity contribution is 0.0145. The molecule has 0 fully saturated rings. The number of phenolic OH excluding ortho intramolecular Hbond substituents is 1. The van der Waals surface area contributed by atoms with Crippen molar-refractivity contribution in [3.05, 3.63) is 106 Å². The number of hydrogen-bond acceptors (Lipinski definition) is 5. The minimum Gasteiger partial charge on any atom is -0.507 e. The lowest BCUT2D eigenvalue weighted by atomic mass is 9.76. The van der Waals surface area contributed by atoms with Gasteiger partial charge in [-0.25, -0.2) is 9.59 Å². The Morgan fingerprint density at radius 2 is 1.49 bits per heavy atom. The Kier molecular flexibility index (Phi) is 3.99. The van der Waals surface area contributed by atoms with Gasteiger partial charge in [0.2, 0.25) is 0 Å². The number of hydrogen-bond donors (Lipinski definition) is 3. The van der Waals surface area contributed by atoms with Gasteiger partial charge in [-0.3, -0.25) is 0 Å². The highest BCUT2D eigenvalue weighted by molar-refractivity contribution is 6.13. The molecule has 2 aliphatic rings. The second-order valence-electron chi connectivity index (χ2n) is 9.67. The first-order valence-corrected chi connectivity index (χ1v) is 11.9. The Balaban J connectivity index is 1.80. The Bertz CT molecular complexity index is 1900. The van der Waals surface area contributed by atoms with Gasteiger partial charge in [-0.05, 0) is 59.0 Å². The number of aromatic carboxylic acids is 1. The molecule has 180 valence electrons. The van der Waals surface area contributed by atoms with Crippen LogP contribution in [0, 0.1) is 13.8 Å². The summed E-state index contributed by atoms with van der Waals surface area (Å²) < 4.78 is 6.44. The van der Waals surface area contributed by atoms with E-state index in [4.69, 9.17) is 4.74 Å². The molecule has 5 aromatic rings. The Labute approximate surface area is 211 Å². The number of carboxylic acids is 1. The van der Waals surface area contributed by atoms with E-state index in [1.54, 1.807) is 32.0 Å². The highest BCUT2D eigenvalue weighted by atomic mass is 16.6. The number of aromatic hydroxyl groups is 2. The molecule has 0 aromatic heterocycles. The zero-order valence-corrected chi connectivity index (χ0v) is 19.9. The first-order valence-electron chi connectivity index (χ1n) is 11.9. The van der Waals surface area contributed by atoms with E-state index < -0.39 is 17.5 Å². The molecule has 0 bridgehead atoms. The summed E-state index contributed by atoms with van der Waals surface area (Å²) >= 11 is 0. The summed E-state index contributed by atoms with van der Waals surface area (Å²) in [5.41, 5.74) is 2.54. The first-order chi connectivity index (χ1) is 17.8. The smallest absolute Gasteiger partial charge is 0.340 e. The molecular weight excluding hydrogens is 468 g/mol. The molecule has 0 amide bonds. The van der Waals surface area contributed by atoms with E-state index >= 15 is 0 Å². The largest absolute Gasteiger partial charge is 0.507 e. The molecule has 1 aliphatic carbocycles. The van der Waals surface area contributed by atoms with Crippen LogP contribution in [0.5, 0.6) is 11.5 Å². The Morgan fingerprint density at radius 3 is 2.22 bits per heavy atom. The molecule has 0 saturated heterocycles. The summed E-state index contributed by atoms with van der Waals surface area (Å²) in [6.45, 7) is 3.43. The van der Waals surface area contributed by atoms with E-state index in [2.05, 4.69) is 0 Å². The van der Waals surface area contributed by atoms with Crippen LogP contribution in [0.3, 0.4) is 0 Å². The summed E-state index contributed by atoms with van der Waals surface area (Å²) in [7, 11) is 0.